The molecule has 15 heavy (non-hydrogen) atoms. The summed E-state index contributed by atoms with van der Waals surface area (Å²) in [6.45, 7) is 9.35. The molecule has 0 amide bonds. The van der Waals surface area contributed by atoms with Gasteiger partial charge in [0.25, 0.3) is 0 Å². The van der Waals surface area contributed by atoms with E-state index >= 15 is 0 Å². The van der Waals surface area contributed by atoms with E-state index in [2.05, 4.69) is 50.5 Å². The Hall–Kier alpha value is -0.303. The van der Waals surface area contributed by atoms with Crippen molar-refractivity contribution in [1.82, 2.24) is 0 Å². The van der Waals surface area contributed by atoms with Crippen LogP contribution in [0.4, 0.5) is 0 Å². The SMILES string of the molecule is CCCCCCC/C=C/C=C\[Si](C)(C)C. The van der Waals surface area contributed by atoms with Crippen molar-refractivity contribution in [2.24, 2.45) is 0 Å². The summed E-state index contributed by atoms with van der Waals surface area (Å²) in [5.74, 6) is 0. The predicted molar refractivity (Wildman–Crippen MR) is 75.0 cm³/mol. The number of rotatable bonds is 8. The van der Waals surface area contributed by atoms with Crippen LogP contribution in [0.2, 0.25) is 19.6 Å². The second-order valence-electron chi connectivity index (χ2n) is 5.36. The monoisotopic (exact) mass is 224 g/mol. The van der Waals surface area contributed by atoms with Crippen molar-refractivity contribution in [2.45, 2.75) is 65.1 Å². The third kappa shape index (κ3) is 13.7. The van der Waals surface area contributed by atoms with E-state index in [-0.39, 0.29) is 0 Å². The normalized spacial score (nSPS) is 13.1. The Kier molecular flexibility index (Phi) is 8.78. The van der Waals surface area contributed by atoms with Crippen LogP contribution in [0, 0.1) is 0 Å². The summed E-state index contributed by atoms with van der Waals surface area (Å²) in [5.41, 5.74) is 2.39. The molecule has 1 heteroatoms. The van der Waals surface area contributed by atoms with Gasteiger partial charge in [-0.2, -0.15) is 0 Å². The quantitative estimate of drug-likeness (QED) is 0.297. The molecule has 0 heterocycles. The standard InChI is InChI=1S/C14H28Si/c1-5-6-7-8-9-10-11-12-13-14-15(2,3)4/h11-14H,5-10H2,1-4H3/b12-11+,14-13-. The average Bonchev–Trinajstić information content (AvgIpc) is 2.14. The van der Waals surface area contributed by atoms with Gasteiger partial charge in [-0.15, -0.1) is 0 Å². The molecule has 0 aliphatic rings. The molecule has 0 spiro atoms. The topological polar surface area (TPSA) is 0 Å². The Morgan fingerprint density at radius 2 is 1.53 bits per heavy atom. The zero-order chi connectivity index (χ0) is 11.6. The minimum absolute atomic E-state index is 0.975. The van der Waals surface area contributed by atoms with Gasteiger partial charge >= 0.3 is 0 Å². The van der Waals surface area contributed by atoms with Crippen molar-refractivity contribution >= 4 is 8.07 Å². The molecule has 0 aromatic carbocycles. The van der Waals surface area contributed by atoms with Crippen molar-refractivity contribution in [2.75, 3.05) is 0 Å². The Morgan fingerprint density at radius 1 is 0.867 bits per heavy atom. The Morgan fingerprint density at radius 3 is 2.13 bits per heavy atom. The summed E-state index contributed by atoms with van der Waals surface area (Å²) < 4.78 is 0. The lowest BCUT2D eigenvalue weighted by Gasteiger charge is -2.06. The molecule has 0 unspecified atom stereocenters. The maximum absolute atomic E-state index is 2.39. The molecule has 0 rings (SSSR count). The largest absolute Gasteiger partial charge is 0.0950 e. The molecule has 0 N–H and O–H groups in total. The van der Waals surface area contributed by atoms with Crippen LogP contribution in [0.15, 0.2) is 23.9 Å². The first-order valence-electron chi connectivity index (χ1n) is 6.40. The Labute approximate surface area is 97.5 Å². The van der Waals surface area contributed by atoms with Gasteiger partial charge in [0.05, 0.1) is 8.07 Å². The second-order valence-corrected chi connectivity index (χ2v) is 10.4. The summed E-state index contributed by atoms with van der Waals surface area (Å²) >= 11 is 0. The van der Waals surface area contributed by atoms with Gasteiger partial charge in [0, 0.05) is 0 Å². The lowest BCUT2D eigenvalue weighted by Crippen LogP contribution is -2.14. The van der Waals surface area contributed by atoms with Gasteiger partial charge in [0.1, 0.15) is 0 Å². The van der Waals surface area contributed by atoms with Gasteiger partial charge in [0.2, 0.25) is 0 Å². The first-order valence-corrected chi connectivity index (χ1v) is 9.98. The molecular weight excluding hydrogens is 196 g/mol. The summed E-state index contributed by atoms with van der Waals surface area (Å²) in [7, 11) is -0.975. The van der Waals surface area contributed by atoms with Crippen LogP contribution in [-0.2, 0) is 0 Å². The average molecular weight is 224 g/mol. The van der Waals surface area contributed by atoms with Gasteiger partial charge in [0.15, 0.2) is 0 Å². The van der Waals surface area contributed by atoms with Crippen molar-refractivity contribution in [3.8, 4) is 0 Å². The van der Waals surface area contributed by atoms with Crippen LogP contribution < -0.4 is 0 Å². The highest BCUT2D eigenvalue weighted by molar-refractivity contribution is 6.80. The minimum atomic E-state index is -0.975. The molecule has 88 valence electrons. The molecule has 0 aliphatic carbocycles. The molecular formula is C14H28Si. The van der Waals surface area contributed by atoms with Crippen molar-refractivity contribution in [1.29, 1.82) is 0 Å². The van der Waals surface area contributed by atoms with E-state index < -0.39 is 8.07 Å². The lowest BCUT2D eigenvalue weighted by atomic mass is 10.1. The first-order chi connectivity index (χ1) is 7.06. The maximum Gasteiger partial charge on any atom is 0.0686 e. The van der Waals surface area contributed by atoms with Crippen molar-refractivity contribution < 1.29 is 0 Å². The van der Waals surface area contributed by atoms with Gasteiger partial charge in [-0.1, -0.05) is 76.2 Å². The van der Waals surface area contributed by atoms with Crippen LogP contribution >= 0.6 is 0 Å². The number of hydrogen-bond acceptors (Lipinski definition) is 0. The van der Waals surface area contributed by atoms with Gasteiger partial charge < -0.3 is 0 Å². The maximum atomic E-state index is 2.39. The molecule has 0 saturated carbocycles. The van der Waals surface area contributed by atoms with Gasteiger partial charge in [-0.25, -0.2) is 0 Å². The second kappa shape index (κ2) is 8.96. The van der Waals surface area contributed by atoms with Crippen LogP contribution in [0.1, 0.15) is 45.4 Å². The first kappa shape index (κ1) is 14.7. The summed E-state index contributed by atoms with van der Waals surface area (Å²) in [6.07, 6.45) is 14.9. The van der Waals surface area contributed by atoms with Gasteiger partial charge in [-0.3, -0.25) is 0 Å². The molecule has 0 atom stereocenters. The zero-order valence-corrected chi connectivity index (χ0v) is 12.1. The highest BCUT2D eigenvalue weighted by Gasteiger charge is 2.05. The third-order valence-electron chi connectivity index (χ3n) is 2.32. The minimum Gasteiger partial charge on any atom is -0.0950 e. The summed E-state index contributed by atoms with van der Waals surface area (Å²) in [6, 6.07) is 0. The van der Waals surface area contributed by atoms with Crippen molar-refractivity contribution in [3.63, 3.8) is 0 Å². The Bertz CT molecular complexity index is 184. The molecule has 0 aromatic heterocycles. The van der Waals surface area contributed by atoms with E-state index in [0.717, 1.165) is 0 Å². The van der Waals surface area contributed by atoms with E-state index in [1.54, 1.807) is 0 Å². The van der Waals surface area contributed by atoms with Crippen LogP contribution in [0.3, 0.4) is 0 Å². The smallest absolute Gasteiger partial charge is 0.0686 e. The molecule has 0 saturated heterocycles. The van der Waals surface area contributed by atoms with Crippen LogP contribution in [0.5, 0.6) is 0 Å². The van der Waals surface area contributed by atoms with E-state index in [9.17, 15) is 0 Å². The number of unbranched alkanes of at least 4 members (excludes halogenated alkanes) is 5. The highest BCUT2D eigenvalue weighted by atomic mass is 28.3. The molecule has 0 fully saturated rings. The number of hydrogen-bond donors (Lipinski definition) is 0. The lowest BCUT2D eigenvalue weighted by molar-refractivity contribution is 0.637. The van der Waals surface area contributed by atoms with Crippen LogP contribution in [0.25, 0.3) is 0 Å². The number of allylic oxidation sites excluding steroid dienone is 3. The molecule has 0 aliphatic heterocycles. The zero-order valence-electron chi connectivity index (χ0n) is 11.1. The van der Waals surface area contributed by atoms with Crippen LogP contribution in [-0.4, -0.2) is 8.07 Å². The van der Waals surface area contributed by atoms with Crippen molar-refractivity contribution in [3.05, 3.63) is 23.9 Å². The summed E-state index contributed by atoms with van der Waals surface area (Å²) in [5, 5.41) is 0. The fraction of sp³-hybridized carbons (Fsp3) is 0.714. The van der Waals surface area contributed by atoms with E-state index in [1.165, 1.54) is 38.5 Å². The van der Waals surface area contributed by atoms with E-state index in [0.29, 0.717) is 0 Å². The van der Waals surface area contributed by atoms with E-state index in [1.807, 2.05) is 0 Å². The highest BCUT2D eigenvalue weighted by Crippen LogP contribution is 2.06. The summed E-state index contributed by atoms with van der Waals surface area (Å²) in [4.78, 5) is 0. The molecule has 0 bridgehead atoms. The fourth-order valence-corrected chi connectivity index (χ4v) is 2.07. The van der Waals surface area contributed by atoms with Gasteiger partial charge in [-0.05, 0) is 12.8 Å². The third-order valence-corrected chi connectivity index (χ3v) is 3.51. The predicted octanol–water partition coefficient (Wildman–Crippen LogP) is 5.34. The Balaban J connectivity index is 3.36. The molecule has 0 aromatic rings. The van der Waals surface area contributed by atoms with E-state index in [4.69, 9.17) is 0 Å². The molecule has 0 radical (unpaired) electrons. The fourth-order valence-electron chi connectivity index (χ4n) is 1.38. The molecule has 0 nitrogen and oxygen atoms in total.